The highest BCUT2D eigenvalue weighted by atomic mass is 16.5. The second-order valence-electron chi connectivity index (χ2n) is 7.81. The average Bonchev–Trinajstić information content (AvgIpc) is 3.34. The molecule has 0 saturated carbocycles. The van der Waals surface area contributed by atoms with Gasteiger partial charge in [0, 0.05) is 35.3 Å². The van der Waals surface area contributed by atoms with Crippen molar-refractivity contribution < 1.29 is 9.53 Å². The van der Waals surface area contributed by atoms with Crippen LogP contribution in [-0.2, 0) is 4.79 Å². The molecule has 0 aliphatic heterocycles. The van der Waals surface area contributed by atoms with E-state index < -0.39 is 11.9 Å². The fraction of sp³-hybridized carbons (Fsp3) is 0.0741. The normalized spacial score (nSPS) is 11.7. The van der Waals surface area contributed by atoms with Gasteiger partial charge in [-0.25, -0.2) is 4.68 Å². The maximum atomic E-state index is 12.8. The molecule has 8 nitrogen and oxygen atoms in total. The number of nitrogens with two attached hydrogens (primary N) is 1. The third kappa shape index (κ3) is 4.24. The van der Waals surface area contributed by atoms with Gasteiger partial charge in [-0.2, -0.15) is 0 Å². The number of rotatable bonds is 7. The van der Waals surface area contributed by atoms with Crippen molar-refractivity contribution in [2.45, 2.75) is 6.04 Å². The summed E-state index contributed by atoms with van der Waals surface area (Å²) in [6.07, 6.45) is 5.08. The zero-order valence-electron chi connectivity index (χ0n) is 18.9. The molecular formula is C27H22N6O2. The Morgan fingerprint density at radius 3 is 2.31 bits per heavy atom. The first kappa shape index (κ1) is 22.0. The summed E-state index contributed by atoms with van der Waals surface area (Å²) in [7, 11) is 1.59. The first-order valence-corrected chi connectivity index (χ1v) is 11.0. The number of methoxy groups -OCH3 is 1. The van der Waals surface area contributed by atoms with Gasteiger partial charge in [0.05, 0.1) is 12.8 Å². The zero-order valence-corrected chi connectivity index (χ0v) is 18.9. The van der Waals surface area contributed by atoms with Gasteiger partial charge in [0.15, 0.2) is 6.04 Å². The molecule has 5 rings (SSSR count). The van der Waals surface area contributed by atoms with E-state index in [-0.39, 0.29) is 0 Å². The van der Waals surface area contributed by atoms with E-state index in [1.165, 1.54) is 4.68 Å². The molecule has 5 aromatic rings. The number of hydrogen-bond donors (Lipinski definition) is 1. The summed E-state index contributed by atoms with van der Waals surface area (Å²) < 4.78 is 7.13. The van der Waals surface area contributed by atoms with Crippen LogP contribution in [0.3, 0.4) is 0 Å². The summed E-state index contributed by atoms with van der Waals surface area (Å²) in [4.78, 5) is 21.5. The average molecular weight is 463 g/mol. The number of benzene rings is 2. The van der Waals surface area contributed by atoms with Gasteiger partial charge < -0.3 is 10.5 Å². The Morgan fingerprint density at radius 2 is 1.63 bits per heavy atom. The number of ether oxygens (including phenoxy) is 1. The van der Waals surface area contributed by atoms with Gasteiger partial charge >= 0.3 is 0 Å². The fourth-order valence-electron chi connectivity index (χ4n) is 4.03. The van der Waals surface area contributed by atoms with Crippen LogP contribution in [0.2, 0.25) is 0 Å². The molecule has 1 atom stereocenters. The number of para-hydroxylation sites is 1. The van der Waals surface area contributed by atoms with E-state index in [1.54, 1.807) is 31.8 Å². The second kappa shape index (κ2) is 9.56. The van der Waals surface area contributed by atoms with Crippen LogP contribution in [0.5, 0.6) is 5.75 Å². The van der Waals surface area contributed by atoms with Gasteiger partial charge in [-0.05, 0) is 35.9 Å². The van der Waals surface area contributed by atoms with Gasteiger partial charge in [0.2, 0.25) is 5.91 Å². The van der Waals surface area contributed by atoms with Crippen molar-refractivity contribution in [2.24, 2.45) is 5.73 Å². The standard InChI is InChI=1S/C27H22N6O2/c1-35-23-10-6-5-9-21(23)25-24(19-13-15-29-16-14-19)31-32-33(25)26(27(28)34)22-12-11-20(17-30-22)18-7-3-2-4-8-18/h2-17,26H,1H3,(H2,28,34). The second-order valence-corrected chi connectivity index (χ2v) is 7.81. The molecule has 0 saturated heterocycles. The van der Waals surface area contributed by atoms with E-state index in [4.69, 9.17) is 10.5 Å². The van der Waals surface area contributed by atoms with Crippen molar-refractivity contribution in [2.75, 3.05) is 7.11 Å². The van der Waals surface area contributed by atoms with Gasteiger partial charge in [0.25, 0.3) is 0 Å². The van der Waals surface area contributed by atoms with Crippen molar-refractivity contribution in [3.8, 4) is 39.4 Å². The smallest absolute Gasteiger partial charge is 0.248 e. The quantitative estimate of drug-likeness (QED) is 0.389. The zero-order chi connectivity index (χ0) is 24.2. The number of carbonyl (C=O) groups excluding carboxylic acids is 1. The third-order valence-electron chi connectivity index (χ3n) is 5.70. The Hall–Kier alpha value is -4.85. The molecule has 2 aromatic carbocycles. The number of aromatic nitrogens is 5. The highest BCUT2D eigenvalue weighted by Crippen LogP contribution is 2.38. The lowest BCUT2D eigenvalue weighted by molar-refractivity contribution is -0.120. The Morgan fingerprint density at radius 1 is 0.886 bits per heavy atom. The molecule has 0 spiro atoms. The molecule has 0 aliphatic rings. The minimum absolute atomic E-state index is 0.458. The molecule has 0 radical (unpaired) electrons. The molecule has 1 amide bonds. The van der Waals surface area contributed by atoms with E-state index in [1.807, 2.05) is 72.8 Å². The number of nitrogens with zero attached hydrogens (tertiary/aromatic N) is 5. The number of primary amides is 1. The summed E-state index contributed by atoms with van der Waals surface area (Å²) in [6.45, 7) is 0. The molecular weight excluding hydrogens is 440 g/mol. The van der Waals surface area contributed by atoms with E-state index in [2.05, 4.69) is 20.3 Å². The van der Waals surface area contributed by atoms with Crippen LogP contribution >= 0.6 is 0 Å². The van der Waals surface area contributed by atoms with E-state index in [0.717, 1.165) is 22.3 Å². The Labute approximate surface area is 202 Å². The van der Waals surface area contributed by atoms with Crippen molar-refractivity contribution in [3.05, 3.63) is 103 Å². The summed E-state index contributed by atoms with van der Waals surface area (Å²) >= 11 is 0. The Kier molecular flexibility index (Phi) is 6.00. The molecule has 0 bridgehead atoms. The van der Waals surface area contributed by atoms with Crippen LogP contribution < -0.4 is 10.5 Å². The third-order valence-corrected chi connectivity index (χ3v) is 5.70. The van der Waals surface area contributed by atoms with E-state index in [0.29, 0.717) is 22.8 Å². The fourth-order valence-corrected chi connectivity index (χ4v) is 4.03. The number of hydrogen-bond acceptors (Lipinski definition) is 6. The first-order valence-electron chi connectivity index (χ1n) is 11.0. The van der Waals surface area contributed by atoms with Crippen LogP contribution in [0.4, 0.5) is 0 Å². The largest absolute Gasteiger partial charge is 0.496 e. The van der Waals surface area contributed by atoms with Gasteiger partial charge in [0.1, 0.15) is 17.1 Å². The number of carbonyl (C=O) groups is 1. The molecule has 2 N–H and O–H groups in total. The van der Waals surface area contributed by atoms with Gasteiger partial charge in [-0.15, -0.1) is 5.10 Å². The predicted octanol–water partition coefficient (Wildman–Crippen LogP) is 4.15. The van der Waals surface area contributed by atoms with Gasteiger partial charge in [-0.1, -0.05) is 53.7 Å². The molecule has 1 unspecified atom stereocenters. The molecule has 8 heteroatoms. The monoisotopic (exact) mass is 462 g/mol. The topological polar surface area (TPSA) is 109 Å². The highest BCUT2D eigenvalue weighted by molar-refractivity contribution is 5.86. The lowest BCUT2D eigenvalue weighted by atomic mass is 10.0. The number of pyridine rings is 2. The maximum absolute atomic E-state index is 12.8. The van der Waals surface area contributed by atoms with Crippen molar-refractivity contribution in [1.29, 1.82) is 0 Å². The van der Waals surface area contributed by atoms with Crippen LogP contribution in [0.1, 0.15) is 11.7 Å². The molecule has 35 heavy (non-hydrogen) atoms. The van der Waals surface area contributed by atoms with Crippen molar-refractivity contribution >= 4 is 5.91 Å². The lowest BCUT2D eigenvalue weighted by Crippen LogP contribution is -2.29. The molecule has 172 valence electrons. The highest BCUT2D eigenvalue weighted by Gasteiger charge is 2.30. The molecule has 0 fully saturated rings. The van der Waals surface area contributed by atoms with Crippen LogP contribution in [0.25, 0.3) is 33.6 Å². The van der Waals surface area contributed by atoms with Crippen LogP contribution in [-0.4, -0.2) is 38.0 Å². The summed E-state index contributed by atoms with van der Waals surface area (Å²) in [6, 6.07) is 23.8. The van der Waals surface area contributed by atoms with Crippen LogP contribution in [0.15, 0.2) is 97.5 Å². The minimum atomic E-state index is -0.983. The molecule has 0 aliphatic carbocycles. The van der Waals surface area contributed by atoms with E-state index in [9.17, 15) is 4.79 Å². The molecule has 3 aromatic heterocycles. The Balaban J connectivity index is 1.67. The van der Waals surface area contributed by atoms with Crippen LogP contribution in [0, 0.1) is 0 Å². The summed E-state index contributed by atoms with van der Waals surface area (Å²) in [5.41, 5.74) is 11.0. The summed E-state index contributed by atoms with van der Waals surface area (Å²) in [5.74, 6) is 0.00856. The minimum Gasteiger partial charge on any atom is -0.496 e. The maximum Gasteiger partial charge on any atom is 0.248 e. The van der Waals surface area contributed by atoms with Crippen molar-refractivity contribution in [1.82, 2.24) is 25.0 Å². The lowest BCUT2D eigenvalue weighted by Gasteiger charge is -2.18. The SMILES string of the molecule is COc1ccccc1-c1c(-c2ccncc2)nnn1C(C(N)=O)c1ccc(-c2ccccc2)cn1. The van der Waals surface area contributed by atoms with E-state index >= 15 is 0 Å². The Bertz CT molecular complexity index is 1450. The van der Waals surface area contributed by atoms with Gasteiger partial charge in [-0.3, -0.25) is 14.8 Å². The van der Waals surface area contributed by atoms with Crippen molar-refractivity contribution in [3.63, 3.8) is 0 Å². The number of amides is 1. The summed E-state index contributed by atoms with van der Waals surface area (Å²) in [5, 5.41) is 8.80. The first-order chi connectivity index (χ1) is 17.2. The molecule has 3 heterocycles. The predicted molar refractivity (Wildman–Crippen MR) is 132 cm³/mol.